The van der Waals surface area contributed by atoms with Crippen molar-refractivity contribution in [3.05, 3.63) is 18.9 Å². The number of hydrogen-bond acceptors (Lipinski definition) is 4. The van der Waals surface area contributed by atoms with Crippen molar-refractivity contribution in [2.75, 3.05) is 0 Å². The van der Waals surface area contributed by atoms with Gasteiger partial charge in [0.2, 0.25) is 0 Å². The van der Waals surface area contributed by atoms with E-state index in [4.69, 9.17) is 0 Å². The Kier molecular flexibility index (Phi) is 4.85. The lowest BCUT2D eigenvalue weighted by Gasteiger charge is -2.21. The average Bonchev–Trinajstić information content (AvgIpc) is 2.82. The Balaban J connectivity index is 2.14. The number of imidazole rings is 1. The smallest absolute Gasteiger partial charge is 0.163 e. The lowest BCUT2D eigenvalue weighted by molar-refractivity contribution is 0.124. The SMILES string of the molecule is CCCCCC[C@@H]([C@@H](C)O)n1cnc2cncnc21. The number of aliphatic hydroxyl groups is 1. The molecule has 5 heteroatoms. The fourth-order valence-electron chi connectivity index (χ4n) is 2.42. The summed E-state index contributed by atoms with van der Waals surface area (Å²) in [6, 6.07) is 0.0387. The van der Waals surface area contributed by atoms with Crippen LogP contribution < -0.4 is 0 Å². The molecule has 104 valence electrons. The summed E-state index contributed by atoms with van der Waals surface area (Å²) in [5, 5.41) is 10.0. The first-order valence-corrected chi connectivity index (χ1v) is 7.04. The molecule has 0 aliphatic rings. The molecule has 0 fully saturated rings. The first-order valence-electron chi connectivity index (χ1n) is 7.04. The molecular formula is C14H22N4O. The van der Waals surface area contributed by atoms with Gasteiger partial charge in [0.15, 0.2) is 5.65 Å². The van der Waals surface area contributed by atoms with E-state index < -0.39 is 6.10 Å². The minimum atomic E-state index is -0.408. The minimum absolute atomic E-state index is 0.0387. The maximum Gasteiger partial charge on any atom is 0.163 e. The van der Waals surface area contributed by atoms with E-state index >= 15 is 0 Å². The van der Waals surface area contributed by atoms with Crippen molar-refractivity contribution in [3.63, 3.8) is 0 Å². The molecular weight excluding hydrogens is 240 g/mol. The number of fused-ring (bicyclic) bond motifs is 1. The summed E-state index contributed by atoms with van der Waals surface area (Å²) in [5.41, 5.74) is 1.58. The van der Waals surface area contributed by atoms with E-state index in [2.05, 4.69) is 21.9 Å². The molecule has 0 unspecified atom stereocenters. The summed E-state index contributed by atoms with van der Waals surface area (Å²) in [5.74, 6) is 0. The van der Waals surface area contributed by atoms with Gasteiger partial charge in [-0.15, -0.1) is 0 Å². The molecule has 2 aromatic heterocycles. The lowest BCUT2D eigenvalue weighted by Crippen LogP contribution is -2.21. The van der Waals surface area contributed by atoms with Crippen molar-refractivity contribution >= 4 is 11.2 Å². The Morgan fingerprint density at radius 3 is 2.84 bits per heavy atom. The van der Waals surface area contributed by atoms with Crippen molar-refractivity contribution in [1.29, 1.82) is 0 Å². The van der Waals surface area contributed by atoms with Gasteiger partial charge in [-0.3, -0.25) is 0 Å². The first kappa shape index (κ1) is 13.9. The molecule has 0 aromatic carbocycles. The summed E-state index contributed by atoms with van der Waals surface area (Å²) in [7, 11) is 0. The molecule has 0 aliphatic carbocycles. The van der Waals surface area contributed by atoms with Crippen LogP contribution in [0.15, 0.2) is 18.9 Å². The zero-order chi connectivity index (χ0) is 13.7. The quantitative estimate of drug-likeness (QED) is 0.779. The van der Waals surface area contributed by atoms with Gasteiger partial charge in [0.25, 0.3) is 0 Å². The molecule has 0 saturated carbocycles. The lowest BCUT2D eigenvalue weighted by atomic mass is 10.0. The van der Waals surface area contributed by atoms with Gasteiger partial charge < -0.3 is 9.67 Å². The third-order valence-electron chi connectivity index (χ3n) is 3.51. The summed E-state index contributed by atoms with van der Waals surface area (Å²) in [6.45, 7) is 4.03. The van der Waals surface area contributed by atoms with Crippen molar-refractivity contribution in [1.82, 2.24) is 19.5 Å². The van der Waals surface area contributed by atoms with Gasteiger partial charge in [0.1, 0.15) is 11.8 Å². The minimum Gasteiger partial charge on any atom is -0.391 e. The molecule has 0 saturated heterocycles. The molecule has 0 aliphatic heterocycles. The van der Waals surface area contributed by atoms with E-state index in [0.717, 1.165) is 24.0 Å². The highest BCUT2D eigenvalue weighted by atomic mass is 16.3. The second-order valence-corrected chi connectivity index (χ2v) is 5.04. The Hall–Kier alpha value is -1.49. The molecule has 0 radical (unpaired) electrons. The molecule has 0 spiro atoms. The summed E-state index contributed by atoms with van der Waals surface area (Å²) < 4.78 is 1.98. The van der Waals surface area contributed by atoms with Gasteiger partial charge in [-0.2, -0.15) is 0 Å². The van der Waals surface area contributed by atoms with E-state index in [1.54, 1.807) is 12.5 Å². The van der Waals surface area contributed by atoms with Gasteiger partial charge in [0.05, 0.1) is 24.7 Å². The van der Waals surface area contributed by atoms with E-state index in [1.165, 1.54) is 25.6 Å². The average molecular weight is 262 g/mol. The van der Waals surface area contributed by atoms with Crippen LogP contribution in [0.3, 0.4) is 0 Å². The normalized spacial score (nSPS) is 14.7. The second-order valence-electron chi connectivity index (χ2n) is 5.04. The van der Waals surface area contributed by atoms with Gasteiger partial charge in [-0.1, -0.05) is 32.6 Å². The van der Waals surface area contributed by atoms with E-state index in [0.29, 0.717) is 0 Å². The van der Waals surface area contributed by atoms with Crippen LogP contribution in [0.2, 0.25) is 0 Å². The van der Waals surface area contributed by atoms with Crippen molar-refractivity contribution in [2.24, 2.45) is 0 Å². The van der Waals surface area contributed by atoms with Gasteiger partial charge in [0, 0.05) is 0 Å². The van der Waals surface area contributed by atoms with Crippen molar-refractivity contribution in [2.45, 2.75) is 58.1 Å². The molecule has 2 aromatic rings. The molecule has 19 heavy (non-hydrogen) atoms. The van der Waals surface area contributed by atoms with E-state index in [-0.39, 0.29) is 6.04 Å². The number of aliphatic hydroxyl groups excluding tert-OH is 1. The fourth-order valence-corrected chi connectivity index (χ4v) is 2.42. The van der Waals surface area contributed by atoms with Crippen LogP contribution in [0.4, 0.5) is 0 Å². The van der Waals surface area contributed by atoms with E-state index in [9.17, 15) is 5.11 Å². The molecule has 0 bridgehead atoms. The van der Waals surface area contributed by atoms with Crippen molar-refractivity contribution < 1.29 is 5.11 Å². The van der Waals surface area contributed by atoms with Crippen molar-refractivity contribution in [3.8, 4) is 0 Å². The predicted molar refractivity (Wildman–Crippen MR) is 74.8 cm³/mol. The van der Waals surface area contributed by atoms with Gasteiger partial charge in [-0.05, 0) is 13.3 Å². The number of unbranched alkanes of at least 4 members (excludes halogenated alkanes) is 3. The van der Waals surface area contributed by atoms with Crippen LogP contribution in [-0.2, 0) is 0 Å². The summed E-state index contributed by atoms with van der Waals surface area (Å²) in [6.07, 6.45) is 10.3. The topological polar surface area (TPSA) is 63.8 Å². The molecule has 2 rings (SSSR count). The van der Waals surface area contributed by atoms with Crippen LogP contribution in [0.25, 0.3) is 11.2 Å². The molecule has 1 N–H and O–H groups in total. The standard InChI is InChI=1S/C14H22N4O/c1-3-4-5-6-7-13(11(2)19)18-10-17-12-8-15-9-16-14(12)18/h8-11,13,19H,3-7H2,1-2H3/t11-,13+/m1/s1. The van der Waals surface area contributed by atoms with Gasteiger partial charge in [-0.25, -0.2) is 15.0 Å². The fraction of sp³-hybridized carbons (Fsp3) is 0.643. The Bertz CT molecular complexity index is 509. The maximum absolute atomic E-state index is 10.0. The first-order chi connectivity index (χ1) is 9.24. The summed E-state index contributed by atoms with van der Waals surface area (Å²) >= 11 is 0. The number of rotatable bonds is 7. The number of aromatic nitrogens is 4. The number of nitrogens with zero attached hydrogens (tertiary/aromatic N) is 4. The summed E-state index contributed by atoms with van der Waals surface area (Å²) in [4.78, 5) is 12.5. The third-order valence-corrected chi connectivity index (χ3v) is 3.51. The Labute approximate surface area is 113 Å². The molecule has 2 atom stereocenters. The van der Waals surface area contributed by atoms with Crippen LogP contribution in [0.1, 0.15) is 52.0 Å². The van der Waals surface area contributed by atoms with Crippen LogP contribution >= 0.6 is 0 Å². The second kappa shape index (κ2) is 6.61. The molecule has 5 nitrogen and oxygen atoms in total. The van der Waals surface area contributed by atoms with E-state index in [1.807, 2.05) is 11.5 Å². The van der Waals surface area contributed by atoms with Crippen LogP contribution in [-0.4, -0.2) is 30.7 Å². The Morgan fingerprint density at radius 1 is 1.26 bits per heavy atom. The largest absolute Gasteiger partial charge is 0.391 e. The van der Waals surface area contributed by atoms with Crippen LogP contribution in [0, 0.1) is 0 Å². The zero-order valence-electron chi connectivity index (χ0n) is 11.7. The van der Waals surface area contributed by atoms with Crippen LogP contribution in [0.5, 0.6) is 0 Å². The third kappa shape index (κ3) is 3.29. The predicted octanol–water partition coefficient (Wildman–Crippen LogP) is 2.72. The highest BCUT2D eigenvalue weighted by Gasteiger charge is 2.19. The highest BCUT2D eigenvalue weighted by Crippen LogP contribution is 2.23. The molecule has 0 amide bonds. The Morgan fingerprint density at radius 2 is 2.11 bits per heavy atom. The molecule has 2 heterocycles. The zero-order valence-corrected chi connectivity index (χ0v) is 11.7. The maximum atomic E-state index is 10.0. The van der Waals surface area contributed by atoms with Gasteiger partial charge >= 0.3 is 0 Å². The highest BCUT2D eigenvalue weighted by molar-refractivity contribution is 5.69. The monoisotopic (exact) mass is 262 g/mol. The number of hydrogen-bond donors (Lipinski definition) is 1.